The van der Waals surface area contributed by atoms with Crippen LogP contribution < -0.4 is 9.47 Å². The Balaban J connectivity index is 1.32. The summed E-state index contributed by atoms with van der Waals surface area (Å²) in [7, 11) is 0. The lowest BCUT2D eigenvalue weighted by Crippen LogP contribution is -2.62. The Hall–Kier alpha value is -7.41. The molecule has 1 aliphatic heterocycles. The van der Waals surface area contributed by atoms with Crippen LogP contribution in [0.4, 0.5) is 17.1 Å². The fourth-order valence-electron chi connectivity index (χ4n) is 6.87. The standard InChI is InChI=1S/C47H41N3O14/c51-46(62-38-23-21-36(22-24-38)48(52)53)39-25-37(49(54)55)26-40(50(56)57)42(39)64-47-45(61-30-35-19-11-4-12-20-35)44(60-29-34-17-9-3-10-18-34)43(59-28-33-15-7-2-8-16-33)41(63-47)31-58-27-32-13-5-1-6-14-32/h1-26,41,43-45,47H,27-31H2/t41-,43-,44+,45-,47-/m1/s1. The summed E-state index contributed by atoms with van der Waals surface area (Å²) in [5, 5.41) is 36.1. The van der Waals surface area contributed by atoms with Crippen molar-refractivity contribution in [2.24, 2.45) is 0 Å². The van der Waals surface area contributed by atoms with Crippen LogP contribution in [0.2, 0.25) is 0 Å². The Bertz CT molecular complexity index is 2500. The molecule has 0 unspecified atom stereocenters. The van der Waals surface area contributed by atoms with Crippen LogP contribution >= 0.6 is 0 Å². The lowest BCUT2D eigenvalue weighted by molar-refractivity contribution is -0.395. The van der Waals surface area contributed by atoms with E-state index in [1.54, 1.807) is 0 Å². The molecule has 1 saturated heterocycles. The summed E-state index contributed by atoms with van der Waals surface area (Å²) >= 11 is 0. The zero-order chi connectivity index (χ0) is 44.8. The third-order valence-corrected chi connectivity index (χ3v) is 10.0. The van der Waals surface area contributed by atoms with Gasteiger partial charge in [0.2, 0.25) is 12.0 Å². The number of rotatable bonds is 20. The first kappa shape index (κ1) is 44.6. The van der Waals surface area contributed by atoms with E-state index in [2.05, 4.69) is 0 Å². The minimum absolute atomic E-state index is 0.0299. The van der Waals surface area contributed by atoms with Gasteiger partial charge in [-0.05, 0) is 34.4 Å². The molecular formula is C47H41N3O14. The predicted octanol–water partition coefficient (Wildman–Crippen LogP) is 8.71. The third-order valence-electron chi connectivity index (χ3n) is 10.0. The summed E-state index contributed by atoms with van der Waals surface area (Å²) in [4.78, 5) is 47.6. The van der Waals surface area contributed by atoms with Crippen molar-refractivity contribution in [1.82, 2.24) is 0 Å². The van der Waals surface area contributed by atoms with Gasteiger partial charge in [0.1, 0.15) is 35.7 Å². The number of nitro groups is 3. The Kier molecular flexibility index (Phi) is 15.1. The van der Waals surface area contributed by atoms with Crippen LogP contribution in [0.3, 0.4) is 0 Å². The number of nitro benzene ring substituents is 3. The quantitative estimate of drug-likeness (QED) is 0.0304. The molecule has 0 bridgehead atoms. The highest BCUT2D eigenvalue weighted by molar-refractivity contribution is 5.96. The van der Waals surface area contributed by atoms with Gasteiger partial charge in [-0.3, -0.25) is 30.3 Å². The second kappa shape index (κ2) is 21.6. The van der Waals surface area contributed by atoms with Gasteiger partial charge >= 0.3 is 11.7 Å². The zero-order valence-corrected chi connectivity index (χ0v) is 34.0. The molecule has 1 heterocycles. The average molecular weight is 872 g/mol. The molecule has 7 rings (SSSR count). The van der Waals surface area contributed by atoms with Crippen LogP contribution in [0.15, 0.2) is 158 Å². The molecule has 0 amide bonds. The first-order valence-corrected chi connectivity index (χ1v) is 20.0. The number of hydrogen-bond donors (Lipinski definition) is 0. The number of benzene rings is 6. The molecule has 6 aromatic carbocycles. The number of nitrogens with zero attached hydrogens (tertiary/aromatic N) is 3. The minimum atomic E-state index is -1.63. The fourth-order valence-corrected chi connectivity index (χ4v) is 6.87. The molecule has 64 heavy (non-hydrogen) atoms. The number of non-ortho nitro benzene ring substituents is 2. The fraction of sp³-hybridized carbons (Fsp3) is 0.213. The Morgan fingerprint density at radius 2 is 1.00 bits per heavy atom. The zero-order valence-electron chi connectivity index (χ0n) is 34.0. The van der Waals surface area contributed by atoms with E-state index in [-0.39, 0.29) is 44.5 Å². The smallest absolute Gasteiger partial charge is 0.347 e. The maximum absolute atomic E-state index is 14.0. The first-order chi connectivity index (χ1) is 31.1. The molecule has 6 aromatic rings. The average Bonchev–Trinajstić information content (AvgIpc) is 3.31. The van der Waals surface area contributed by atoms with E-state index in [0.29, 0.717) is 6.07 Å². The van der Waals surface area contributed by atoms with Gasteiger partial charge in [0.25, 0.3) is 11.4 Å². The lowest BCUT2D eigenvalue weighted by Gasteiger charge is -2.45. The lowest BCUT2D eigenvalue weighted by atomic mass is 9.97. The van der Waals surface area contributed by atoms with Crippen LogP contribution in [0.25, 0.3) is 0 Å². The molecule has 0 saturated carbocycles. The Morgan fingerprint density at radius 1 is 0.531 bits per heavy atom. The highest BCUT2D eigenvalue weighted by Gasteiger charge is 2.51. The highest BCUT2D eigenvalue weighted by atomic mass is 16.7. The van der Waals surface area contributed by atoms with Crippen molar-refractivity contribution in [1.29, 1.82) is 0 Å². The van der Waals surface area contributed by atoms with Gasteiger partial charge < -0.3 is 33.2 Å². The molecule has 1 aliphatic rings. The number of esters is 1. The van der Waals surface area contributed by atoms with Gasteiger partial charge in [-0.15, -0.1) is 0 Å². The van der Waals surface area contributed by atoms with E-state index in [4.69, 9.17) is 33.2 Å². The van der Waals surface area contributed by atoms with Gasteiger partial charge in [0.15, 0.2) is 0 Å². The van der Waals surface area contributed by atoms with Crippen molar-refractivity contribution >= 4 is 23.0 Å². The van der Waals surface area contributed by atoms with E-state index in [1.807, 2.05) is 121 Å². The number of hydrogen-bond acceptors (Lipinski definition) is 14. The van der Waals surface area contributed by atoms with Gasteiger partial charge in [0, 0.05) is 18.2 Å². The molecule has 0 N–H and O–H groups in total. The monoisotopic (exact) mass is 871 g/mol. The van der Waals surface area contributed by atoms with E-state index in [9.17, 15) is 35.1 Å². The number of carbonyl (C=O) groups excluding carboxylic acids is 1. The van der Waals surface area contributed by atoms with E-state index >= 15 is 0 Å². The maximum Gasteiger partial charge on any atom is 0.347 e. The van der Waals surface area contributed by atoms with Crippen molar-refractivity contribution in [3.63, 3.8) is 0 Å². The molecule has 1 fully saturated rings. The van der Waals surface area contributed by atoms with Crippen LogP contribution in [-0.4, -0.2) is 58.1 Å². The molecule has 17 heteroatoms. The highest BCUT2D eigenvalue weighted by Crippen LogP contribution is 2.40. The summed E-state index contributed by atoms with van der Waals surface area (Å²) in [5.41, 5.74) is 0.450. The third kappa shape index (κ3) is 11.7. The van der Waals surface area contributed by atoms with Crippen molar-refractivity contribution in [3.05, 3.63) is 216 Å². The van der Waals surface area contributed by atoms with Crippen molar-refractivity contribution in [3.8, 4) is 11.5 Å². The summed E-state index contributed by atoms with van der Waals surface area (Å²) < 4.78 is 44.7. The molecule has 0 radical (unpaired) electrons. The summed E-state index contributed by atoms with van der Waals surface area (Å²) in [6.45, 7) is 0.197. The molecule has 0 aliphatic carbocycles. The van der Waals surface area contributed by atoms with Crippen LogP contribution in [0.5, 0.6) is 11.5 Å². The number of carbonyl (C=O) groups is 1. The van der Waals surface area contributed by atoms with Crippen LogP contribution in [0, 0.1) is 30.3 Å². The van der Waals surface area contributed by atoms with Crippen LogP contribution in [0.1, 0.15) is 32.6 Å². The van der Waals surface area contributed by atoms with E-state index in [1.165, 1.54) is 0 Å². The van der Waals surface area contributed by atoms with Gasteiger partial charge in [0.05, 0.1) is 53.9 Å². The first-order valence-electron chi connectivity index (χ1n) is 20.0. The van der Waals surface area contributed by atoms with Gasteiger partial charge in [-0.25, -0.2) is 4.79 Å². The number of ether oxygens (including phenoxy) is 7. The second-order valence-corrected chi connectivity index (χ2v) is 14.4. The van der Waals surface area contributed by atoms with Gasteiger partial charge in [-0.1, -0.05) is 121 Å². The van der Waals surface area contributed by atoms with Gasteiger partial charge in [-0.2, -0.15) is 0 Å². The molecule has 5 atom stereocenters. The summed E-state index contributed by atoms with van der Waals surface area (Å²) in [5.74, 6) is -2.25. The molecule has 17 nitrogen and oxygen atoms in total. The van der Waals surface area contributed by atoms with Crippen LogP contribution in [-0.2, 0) is 50.1 Å². The second-order valence-electron chi connectivity index (χ2n) is 14.4. The van der Waals surface area contributed by atoms with E-state index < -0.39 is 74.1 Å². The Morgan fingerprint density at radius 3 is 1.48 bits per heavy atom. The molecular weight excluding hydrogens is 831 g/mol. The van der Waals surface area contributed by atoms with Crippen molar-refractivity contribution < 1.29 is 52.7 Å². The van der Waals surface area contributed by atoms with Crippen molar-refractivity contribution in [2.45, 2.75) is 57.1 Å². The summed E-state index contributed by atoms with van der Waals surface area (Å²) in [6, 6.07) is 43.1. The Labute approximate surface area is 366 Å². The molecule has 328 valence electrons. The summed E-state index contributed by atoms with van der Waals surface area (Å²) in [6.07, 6.45) is -5.88. The molecule has 0 aromatic heterocycles. The van der Waals surface area contributed by atoms with E-state index in [0.717, 1.165) is 52.6 Å². The SMILES string of the molecule is O=C(Oc1ccc([N+](=O)[O-])cc1)c1cc([N+](=O)[O-])cc([N+](=O)[O-])c1O[C@H]1O[C@H](COCc2ccccc2)[C@@H](OCc2ccccc2)[C@H](OCc2ccccc2)[C@H]1OCc1ccccc1. The normalized spacial score (nSPS) is 18.2. The topological polar surface area (TPSA) is 211 Å². The minimum Gasteiger partial charge on any atom is -0.454 e. The van der Waals surface area contributed by atoms with Crippen molar-refractivity contribution in [2.75, 3.05) is 6.61 Å². The predicted molar refractivity (Wildman–Crippen MR) is 228 cm³/mol. The largest absolute Gasteiger partial charge is 0.454 e. The molecule has 0 spiro atoms. The maximum atomic E-state index is 14.0.